The van der Waals surface area contributed by atoms with Gasteiger partial charge in [0.2, 0.25) is 5.91 Å². The summed E-state index contributed by atoms with van der Waals surface area (Å²) in [7, 11) is 0. The molecule has 1 fully saturated rings. The summed E-state index contributed by atoms with van der Waals surface area (Å²) in [6, 6.07) is 5.58. The maximum atomic E-state index is 11.9. The Morgan fingerprint density at radius 2 is 2.38 bits per heavy atom. The van der Waals surface area contributed by atoms with E-state index in [0.29, 0.717) is 18.2 Å². The van der Waals surface area contributed by atoms with Crippen molar-refractivity contribution in [2.24, 2.45) is 5.92 Å². The van der Waals surface area contributed by atoms with Crippen molar-refractivity contribution in [3.63, 3.8) is 0 Å². The van der Waals surface area contributed by atoms with E-state index >= 15 is 0 Å². The van der Waals surface area contributed by atoms with E-state index in [2.05, 4.69) is 10.6 Å². The molecule has 1 unspecified atom stereocenters. The zero-order valence-electron chi connectivity index (χ0n) is 12.5. The molecule has 1 aromatic rings. The van der Waals surface area contributed by atoms with Crippen LogP contribution in [0, 0.1) is 12.8 Å². The average molecular weight is 311 g/mol. The van der Waals surface area contributed by atoms with Gasteiger partial charge in [-0.2, -0.15) is 0 Å². The molecular weight excluding hydrogens is 288 g/mol. The molecule has 0 bridgehead atoms. The summed E-state index contributed by atoms with van der Waals surface area (Å²) < 4.78 is 5.70. The number of amides is 1. The molecule has 1 aliphatic rings. The van der Waals surface area contributed by atoms with Crippen LogP contribution in [0.25, 0.3) is 0 Å². The normalized spacial score (nSPS) is 18.3. The highest BCUT2D eigenvalue weighted by Crippen LogP contribution is 2.21. The van der Waals surface area contributed by atoms with Crippen molar-refractivity contribution in [3.8, 4) is 5.75 Å². The average Bonchev–Trinajstić information content (AvgIpc) is 2.49. The topological polar surface area (TPSA) is 50.4 Å². The van der Waals surface area contributed by atoms with Crippen LogP contribution >= 0.6 is 11.6 Å². The van der Waals surface area contributed by atoms with Crippen molar-refractivity contribution >= 4 is 17.5 Å². The Hall–Kier alpha value is -1.26. The Morgan fingerprint density at radius 1 is 1.52 bits per heavy atom. The lowest BCUT2D eigenvalue weighted by molar-refractivity contribution is -0.125. The number of piperidine rings is 1. The fourth-order valence-electron chi connectivity index (χ4n) is 2.46. The van der Waals surface area contributed by atoms with Gasteiger partial charge in [0.15, 0.2) is 0 Å². The largest absolute Gasteiger partial charge is 0.493 e. The zero-order chi connectivity index (χ0) is 15.1. The number of hydrogen-bond acceptors (Lipinski definition) is 3. The number of halogens is 1. The van der Waals surface area contributed by atoms with Gasteiger partial charge in [-0.3, -0.25) is 4.79 Å². The predicted molar refractivity (Wildman–Crippen MR) is 84.9 cm³/mol. The van der Waals surface area contributed by atoms with Crippen LogP contribution in [0.4, 0.5) is 0 Å². The molecule has 0 radical (unpaired) electrons. The van der Waals surface area contributed by atoms with Gasteiger partial charge in [0.1, 0.15) is 5.75 Å². The molecule has 2 rings (SSSR count). The van der Waals surface area contributed by atoms with Crippen LogP contribution in [0.3, 0.4) is 0 Å². The van der Waals surface area contributed by atoms with Gasteiger partial charge in [-0.25, -0.2) is 0 Å². The molecule has 1 aromatic carbocycles. The lowest BCUT2D eigenvalue weighted by Gasteiger charge is -2.21. The highest BCUT2D eigenvalue weighted by atomic mass is 35.5. The second kappa shape index (κ2) is 8.25. The van der Waals surface area contributed by atoms with Gasteiger partial charge < -0.3 is 15.4 Å². The first kappa shape index (κ1) is 16.1. The van der Waals surface area contributed by atoms with E-state index in [1.807, 2.05) is 25.1 Å². The van der Waals surface area contributed by atoms with Crippen LogP contribution in [0.1, 0.15) is 24.8 Å². The minimum Gasteiger partial charge on any atom is -0.493 e. The molecule has 1 amide bonds. The van der Waals surface area contributed by atoms with E-state index in [0.717, 1.165) is 43.7 Å². The van der Waals surface area contributed by atoms with Crippen LogP contribution in [0.15, 0.2) is 18.2 Å². The Balaban J connectivity index is 1.62. The van der Waals surface area contributed by atoms with Crippen molar-refractivity contribution < 1.29 is 9.53 Å². The van der Waals surface area contributed by atoms with Gasteiger partial charge in [0.05, 0.1) is 12.5 Å². The lowest BCUT2D eigenvalue weighted by atomic mass is 9.99. The summed E-state index contributed by atoms with van der Waals surface area (Å²) in [5, 5.41) is 6.95. The zero-order valence-corrected chi connectivity index (χ0v) is 13.2. The number of nitrogens with one attached hydrogen (secondary N) is 2. The van der Waals surface area contributed by atoms with E-state index < -0.39 is 0 Å². The summed E-state index contributed by atoms with van der Waals surface area (Å²) in [5.74, 6) is 1.13. The number of rotatable bonds is 6. The number of ether oxygens (including phenoxy) is 1. The molecule has 21 heavy (non-hydrogen) atoms. The second-order valence-electron chi connectivity index (χ2n) is 5.45. The van der Waals surface area contributed by atoms with Crippen molar-refractivity contribution in [1.29, 1.82) is 0 Å². The predicted octanol–water partition coefficient (Wildman–Crippen LogP) is 2.53. The minimum absolute atomic E-state index is 0.123. The number of carbonyl (C=O) groups excluding carboxylic acids is 1. The van der Waals surface area contributed by atoms with Crippen LogP contribution in [0.2, 0.25) is 5.02 Å². The molecule has 1 saturated heterocycles. The maximum Gasteiger partial charge on any atom is 0.224 e. The van der Waals surface area contributed by atoms with E-state index in [1.165, 1.54) is 0 Å². The molecule has 1 heterocycles. The van der Waals surface area contributed by atoms with E-state index in [-0.39, 0.29) is 11.8 Å². The number of carbonyl (C=O) groups is 1. The summed E-state index contributed by atoms with van der Waals surface area (Å²) in [6.07, 6.45) is 2.87. The molecule has 5 heteroatoms. The summed E-state index contributed by atoms with van der Waals surface area (Å²) in [5.41, 5.74) is 1.03. The quantitative estimate of drug-likeness (QED) is 0.794. The number of aryl methyl sites for hydroxylation is 1. The van der Waals surface area contributed by atoms with Crippen LogP contribution in [-0.2, 0) is 4.79 Å². The molecule has 1 aliphatic heterocycles. The van der Waals surface area contributed by atoms with E-state index in [1.54, 1.807) is 0 Å². The third kappa shape index (κ3) is 5.21. The third-order valence-electron chi connectivity index (χ3n) is 3.68. The SMILES string of the molecule is Cc1cc(Cl)ccc1OCCCNC(=O)C1CCCNC1. The van der Waals surface area contributed by atoms with Crippen molar-refractivity contribution in [2.45, 2.75) is 26.2 Å². The smallest absolute Gasteiger partial charge is 0.224 e. The van der Waals surface area contributed by atoms with Crippen molar-refractivity contribution in [2.75, 3.05) is 26.2 Å². The summed E-state index contributed by atoms with van der Waals surface area (Å²) >= 11 is 5.90. The summed E-state index contributed by atoms with van der Waals surface area (Å²) in [6.45, 7) is 5.04. The molecular formula is C16H23ClN2O2. The van der Waals surface area contributed by atoms with E-state index in [4.69, 9.17) is 16.3 Å². The van der Waals surface area contributed by atoms with E-state index in [9.17, 15) is 4.79 Å². The monoisotopic (exact) mass is 310 g/mol. The van der Waals surface area contributed by atoms with Gasteiger partial charge in [-0.1, -0.05) is 11.6 Å². The fourth-order valence-corrected chi connectivity index (χ4v) is 2.69. The lowest BCUT2D eigenvalue weighted by Crippen LogP contribution is -2.40. The van der Waals surface area contributed by atoms with Gasteiger partial charge in [-0.15, -0.1) is 0 Å². The Kier molecular flexibility index (Phi) is 6.33. The Labute approximate surface area is 131 Å². The molecule has 0 saturated carbocycles. The molecule has 2 N–H and O–H groups in total. The molecule has 0 aliphatic carbocycles. The van der Waals surface area contributed by atoms with Crippen LogP contribution in [-0.4, -0.2) is 32.1 Å². The van der Waals surface area contributed by atoms with Gasteiger partial charge >= 0.3 is 0 Å². The molecule has 116 valence electrons. The standard InChI is InChI=1S/C16H23ClN2O2/c1-12-10-14(17)5-6-15(12)21-9-3-8-19-16(20)13-4-2-7-18-11-13/h5-6,10,13,18H,2-4,7-9,11H2,1H3,(H,19,20). The fraction of sp³-hybridized carbons (Fsp3) is 0.562. The van der Waals surface area contributed by atoms with Crippen molar-refractivity contribution in [3.05, 3.63) is 28.8 Å². The van der Waals surface area contributed by atoms with Crippen molar-refractivity contribution in [1.82, 2.24) is 10.6 Å². The first-order chi connectivity index (χ1) is 10.2. The summed E-state index contributed by atoms with van der Waals surface area (Å²) in [4.78, 5) is 11.9. The number of hydrogen-bond donors (Lipinski definition) is 2. The maximum absolute atomic E-state index is 11.9. The first-order valence-corrected chi connectivity index (χ1v) is 7.92. The third-order valence-corrected chi connectivity index (χ3v) is 3.92. The second-order valence-corrected chi connectivity index (χ2v) is 5.88. The molecule has 1 atom stereocenters. The van der Waals surface area contributed by atoms with Gasteiger partial charge in [-0.05, 0) is 56.5 Å². The van der Waals surface area contributed by atoms with Crippen LogP contribution in [0.5, 0.6) is 5.75 Å². The minimum atomic E-state index is 0.123. The Morgan fingerprint density at radius 3 is 3.10 bits per heavy atom. The number of benzene rings is 1. The first-order valence-electron chi connectivity index (χ1n) is 7.54. The Bertz CT molecular complexity index is 473. The van der Waals surface area contributed by atoms with Gasteiger partial charge in [0.25, 0.3) is 0 Å². The molecule has 0 spiro atoms. The highest BCUT2D eigenvalue weighted by Gasteiger charge is 2.19. The highest BCUT2D eigenvalue weighted by molar-refractivity contribution is 6.30. The molecule has 4 nitrogen and oxygen atoms in total. The van der Waals surface area contributed by atoms with Crippen LogP contribution < -0.4 is 15.4 Å². The molecule has 0 aromatic heterocycles. The van der Waals surface area contributed by atoms with Gasteiger partial charge in [0, 0.05) is 18.1 Å².